The number of nitrogens with zero attached hydrogens (tertiary/aromatic N) is 1. The number of carboxylic acids is 1. The third-order valence-corrected chi connectivity index (χ3v) is 4.32. The largest absolute Gasteiger partial charge is 0.480 e. The van der Waals surface area contributed by atoms with Gasteiger partial charge in [0.1, 0.15) is 6.04 Å². The zero-order valence-electron chi connectivity index (χ0n) is 12.4. The summed E-state index contributed by atoms with van der Waals surface area (Å²) >= 11 is 0. The van der Waals surface area contributed by atoms with E-state index in [0.717, 1.165) is 18.7 Å². The molecule has 1 heterocycles. The summed E-state index contributed by atoms with van der Waals surface area (Å²) in [4.78, 5) is 13.3. The maximum absolute atomic E-state index is 10.9. The first-order valence-electron chi connectivity index (χ1n) is 7.33. The summed E-state index contributed by atoms with van der Waals surface area (Å²) < 4.78 is 0. The van der Waals surface area contributed by atoms with Crippen LogP contribution in [0.4, 0.5) is 5.69 Å². The molecule has 0 aliphatic carbocycles. The van der Waals surface area contributed by atoms with Crippen molar-refractivity contribution in [2.75, 3.05) is 18.0 Å². The number of carboxylic acid groups (broad SMARTS) is 1. The van der Waals surface area contributed by atoms with E-state index in [1.165, 1.54) is 36.1 Å². The van der Waals surface area contributed by atoms with Gasteiger partial charge in [0.2, 0.25) is 0 Å². The fourth-order valence-corrected chi connectivity index (χ4v) is 2.89. The smallest absolute Gasteiger partial charge is 0.320 e. The summed E-state index contributed by atoms with van der Waals surface area (Å²) in [5.74, 6) is -0.942. The maximum atomic E-state index is 10.9. The van der Waals surface area contributed by atoms with Crippen molar-refractivity contribution in [1.82, 2.24) is 0 Å². The van der Waals surface area contributed by atoms with Crippen molar-refractivity contribution in [2.24, 2.45) is 5.73 Å². The van der Waals surface area contributed by atoms with Gasteiger partial charge in [0.05, 0.1) is 0 Å². The minimum atomic E-state index is -0.942. The van der Waals surface area contributed by atoms with Crippen molar-refractivity contribution >= 4 is 11.7 Å². The van der Waals surface area contributed by atoms with Crippen LogP contribution in [0.2, 0.25) is 0 Å². The normalized spacial score (nSPS) is 17.1. The van der Waals surface area contributed by atoms with E-state index in [2.05, 4.69) is 24.8 Å². The van der Waals surface area contributed by atoms with Crippen LogP contribution in [0.1, 0.15) is 36.0 Å². The van der Waals surface area contributed by atoms with Gasteiger partial charge in [-0.25, -0.2) is 0 Å². The van der Waals surface area contributed by atoms with Crippen molar-refractivity contribution in [1.29, 1.82) is 0 Å². The summed E-state index contributed by atoms with van der Waals surface area (Å²) in [6.07, 6.45) is 4.22. The molecule has 2 rings (SSSR count). The molecule has 1 unspecified atom stereocenters. The van der Waals surface area contributed by atoms with Crippen molar-refractivity contribution in [2.45, 2.75) is 45.6 Å². The fourth-order valence-electron chi connectivity index (χ4n) is 2.89. The number of nitrogens with two attached hydrogens (primary N) is 1. The van der Waals surface area contributed by atoms with Crippen LogP contribution in [0.25, 0.3) is 0 Å². The van der Waals surface area contributed by atoms with Crippen LogP contribution in [-0.2, 0) is 11.2 Å². The molecule has 1 aromatic carbocycles. The van der Waals surface area contributed by atoms with Gasteiger partial charge in [-0.2, -0.15) is 0 Å². The van der Waals surface area contributed by atoms with Gasteiger partial charge in [-0.3, -0.25) is 4.79 Å². The molecule has 4 heteroatoms. The number of carbonyl (C=O) groups is 1. The van der Waals surface area contributed by atoms with Gasteiger partial charge in [0.25, 0.3) is 0 Å². The van der Waals surface area contributed by atoms with E-state index < -0.39 is 12.0 Å². The molecule has 0 amide bonds. The Bertz CT molecular complexity index is 493. The highest BCUT2D eigenvalue weighted by Crippen LogP contribution is 2.28. The highest BCUT2D eigenvalue weighted by molar-refractivity contribution is 5.73. The fraction of sp³-hybridized carbons (Fsp3) is 0.562. The molecule has 1 saturated heterocycles. The minimum Gasteiger partial charge on any atom is -0.480 e. The summed E-state index contributed by atoms with van der Waals surface area (Å²) in [7, 11) is 0. The van der Waals surface area contributed by atoms with Crippen molar-refractivity contribution in [3.05, 3.63) is 28.8 Å². The van der Waals surface area contributed by atoms with E-state index in [1.54, 1.807) is 0 Å². The zero-order valence-corrected chi connectivity index (χ0v) is 12.4. The monoisotopic (exact) mass is 276 g/mol. The molecular formula is C16H24N2O2. The van der Waals surface area contributed by atoms with Gasteiger partial charge in [-0.1, -0.05) is 6.07 Å². The van der Waals surface area contributed by atoms with E-state index in [1.807, 2.05) is 6.07 Å². The zero-order chi connectivity index (χ0) is 14.7. The lowest BCUT2D eigenvalue weighted by atomic mass is 9.95. The third kappa shape index (κ3) is 3.12. The van der Waals surface area contributed by atoms with Gasteiger partial charge < -0.3 is 15.7 Å². The predicted octanol–water partition coefficient (Wildman–Crippen LogP) is 2.25. The van der Waals surface area contributed by atoms with Crippen LogP contribution < -0.4 is 10.6 Å². The number of piperidine rings is 1. The van der Waals surface area contributed by atoms with Gasteiger partial charge >= 0.3 is 5.97 Å². The predicted molar refractivity (Wildman–Crippen MR) is 81.3 cm³/mol. The highest BCUT2D eigenvalue weighted by Gasteiger charge is 2.18. The Labute approximate surface area is 120 Å². The summed E-state index contributed by atoms with van der Waals surface area (Å²) in [5, 5.41) is 8.93. The molecule has 1 fully saturated rings. The molecule has 0 radical (unpaired) electrons. The first-order chi connectivity index (χ1) is 9.50. The molecule has 4 nitrogen and oxygen atoms in total. The first kappa shape index (κ1) is 14.9. The molecule has 1 aliphatic heterocycles. The number of hydrogen-bond acceptors (Lipinski definition) is 3. The number of aliphatic carboxylic acids is 1. The molecule has 0 saturated carbocycles. The minimum absolute atomic E-state index is 0.391. The van der Waals surface area contributed by atoms with E-state index in [0.29, 0.717) is 6.42 Å². The van der Waals surface area contributed by atoms with Crippen LogP contribution in [0, 0.1) is 13.8 Å². The van der Waals surface area contributed by atoms with E-state index in [9.17, 15) is 4.79 Å². The molecule has 1 atom stereocenters. The van der Waals surface area contributed by atoms with Gasteiger partial charge in [0, 0.05) is 18.8 Å². The topological polar surface area (TPSA) is 66.6 Å². The summed E-state index contributed by atoms with van der Waals surface area (Å²) in [6, 6.07) is 3.33. The summed E-state index contributed by atoms with van der Waals surface area (Å²) in [6.45, 7) is 6.42. The third-order valence-electron chi connectivity index (χ3n) is 4.32. The van der Waals surface area contributed by atoms with Crippen LogP contribution in [0.5, 0.6) is 0 Å². The number of benzene rings is 1. The lowest BCUT2D eigenvalue weighted by Gasteiger charge is -2.31. The Kier molecular flexibility index (Phi) is 4.65. The molecule has 20 heavy (non-hydrogen) atoms. The Morgan fingerprint density at radius 3 is 2.50 bits per heavy atom. The molecule has 110 valence electrons. The van der Waals surface area contributed by atoms with Crippen molar-refractivity contribution in [3.63, 3.8) is 0 Å². The molecule has 1 aliphatic rings. The molecule has 0 spiro atoms. The second kappa shape index (κ2) is 6.27. The van der Waals surface area contributed by atoms with Crippen LogP contribution in [0.3, 0.4) is 0 Å². The number of anilines is 1. The van der Waals surface area contributed by atoms with E-state index in [-0.39, 0.29) is 0 Å². The number of hydrogen-bond donors (Lipinski definition) is 2. The second-order valence-corrected chi connectivity index (χ2v) is 5.69. The Morgan fingerprint density at radius 2 is 1.90 bits per heavy atom. The lowest BCUT2D eigenvalue weighted by Crippen LogP contribution is -2.33. The second-order valence-electron chi connectivity index (χ2n) is 5.69. The molecule has 0 aromatic heterocycles. The molecule has 3 N–H and O–H groups in total. The average Bonchev–Trinajstić information content (AvgIpc) is 2.45. The first-order valence-corrected chi connectivity index (χ1v) is 7.33. The Hall–Kier alpha value is -1.55. The maximum Gasteiger partial charge on any atom is 0.320 e. The number of rotatable bonds is 4. The Morgan fingerprint density at radius 1 is 1.25 bits per heavy atom. The van der Waals surface area contributed by atoms with Crippen molar-refractivity contribution < 1.29 is 9.90 Å². The highest BCUT2D eigenvalue weighted by atomic mass is 16.4. The Balaban J connectivity index is 2.22. The van der Waals surface area contributed by atoms with E-state index >= 15 is 0 Å². The standard InChI is InChI=1S/C16H24N2O2/c1-11-12(2)15(18-8-4-3-5-9-18)7-6-13(11)10-14(17)16(19)20/h6-7,14H,3-5,8-10,17H2,1-2H3,(H,19,20). The lowest BCUT2D eigenvalue weighted by molar-refractivity contribution is -0.138. The van der Waals surface area contributed by atoms with Gasteiger partial charge in [0.15, 0.2) is 0 Å². The van der Waals surface area contributed by atoms with Crippen molar-refractivity contribution in [3.8, 4) is 0 Å². The van der Waals surface area contributed by atoms with Gasteiger partial charge in [-0.15, -0.1) is 0 Å². The molecular weight excluding hydrogens is 252 g/mol. The van der Waals surface area contributed by atoms with Crippen LogP contribution in [-0.4, -0.2) is 30.2 Å². The van der Waals surface area contributed by atoms with Gasteiger partial charge in [-0.05, 0) is 62.3 Å². The SMILES string of the molecule is Cc1c(CC(N)C(=O)O)ccc(N2CCCCC2)c1C. The molecule has 1 aromatic rings. The summed E-state index contributed by atoms with van der Waals surface area (Å²) in [5.41, 5.74) is 10.4. The van der Waals surface area contributed by atoms with E-state index in [4.69, 9.17) is 10.8 Å². The van der Waals surface area contributed by atoms with Crippen LogP contribution in [0.15, 0.2) is 12.1 Å². The van der Waals surface area contributed by atoms with Crippen LogP contribution >= 0.6 is 0 Å². The molecule has 0 bridgehead atoms. The quantitative estimate of drug-likeness (QED) is 0.885. The average molecular weight is 276 g/mol.